The molecule has 1 unspecified atom stereocenters. The van der Waals surface area contributed by atoms with Gasteiger partial charge in [0.15, 0.2) is 0 Å². The number of hydrogen-bond acceptors (Lipinski definition) is 2. The van der Waals surface area contributed by atoms with Crippen LogP contribution < -0.4 is 5.32 Å². The average Bonchev–Trinajstić information content (AvgIpc) is 2.48. The number of hydrogen-bond donors (Lipinski definition) is 1. The molecule has 1 amide bonds. The molecule has 0 saturated carbocycles. The van der Waals surface area contributed by atoms with E-state index in [-0.39, 0.29) is 18.6 Å². The molecule has 0 heterocycles. The molecular formula is C18H21NO2. The minimum absolute atomic E-state index is 0.0148. The third kappa shape index (κ3) is 4.72. The number of ether oxygens (including phenoxy) is 1. The zero-order chi connectivity index (χ0) is 15.1. The van der Waals surface area contributed by atoms with Gasteiger partial charge in [0.05, 0.1) is 12.6 Å². The minimum atomic E-state index is -0.0957. The van der Waals surface area contributed by atoms with Crippen LogP contribution in [0, 0.1) is 6.92 Å². The Labute approximate surface area is 126 Å². The van der Waals surface area contributed by atoms with Gasteiger partial charge in [0.1, 0.15) is 6.61 Å². The molecule has 0 bridgehead atoms. The Hall–Kier alpha value is -2.13. The van der Waals surface area contributed by atoms with Crippen LogP contribution in [0.25, 0.3) is 0 Å². The van der Waals surface area contributed by atoms with E-state index in [4.69, 9.17) is 4.74 Å². The number of nitrogens with one attached hydrogen (secondary N) is 1. The SMILES string of the molecule is Cc1ccccc1C(C)NC(=O)COCc1ccccc1. The second kappa shape index (κ2) is 7.60. The van der Waals surface area contributed by atoms with Gasteiger partial charge in [0.25, 0.3) is 0 Å². The maximum absolute atomic E-state index is 11.9. The Morgan fingerprint density at radius 3 is 2.48 bits per heavy atom. The van der Waals surface area contributed by atoms with E-state index in [2.05, 4.69) is 5.32 Å². The molecule has 0 saturated heterocycles. The van der Waals surface area contributed by atoms with E-state index in [1.54, 1.807) is 0 Å². The van der Waals surface area contributed by atoms with E-state index in [0.29, 0.717) is 6.61 Å². The predicted octanol–water partition coefficient (Wildman–Crippen LogP) is 3.39. The van der Waals surface area contributed by atoms with Crippen molar-refractivity contribution in [1.29, 1.82) is 0 Å². The monoisotopic (exact) mass is 283 g/mol. The van der Waals surface area contributed by atoms with Crippen LogP contribution in [0.5, 0.6) is 0 Å². The van der Waals surface area contributed by atoms with Gasteiger partial charge in [0.2, 0.25) is 5.91 Å². The fraction of sp³-hybridized carbons (Fsp3) is 0.278. The van der Waals surface area contributed by atoms with Crippen molar-refractivity contribution in [1.82, 2.24) is 5.32 Å². The van der Waals surface area contributed by atoms with E-state index in [0.717, 1.165) is 11.1 Å². The molecule has 2 rings (SSSR count). The molecule has 0 aliphatic carbocycles. The number of carbonyl (C=O) groups is 1. The molecule has 0 radical (unpaired) electrons. The molecular weight excluding hydrogens is 262 g/mol. The summed E-state index contributed by atoms with van der Waals surface area (Å²) in [6.45, 7) is 4.56. The summed E-state index contributed by atoms with van der Waals surface area (Å²) in [6, 6.07) is 17.9. The lowest BCUT2D eigenvalue weighted by molar-refractivity contribution is -0.126. The smallest absolute Gasteiger partial charge is 0.246 e. The Bertz CT molecular complexity index is 581. The Morgan fingerprint density at radius 1 is 1.10 bits per heavy atom. The highest BCUT2D eigenvalue weighted by atomic mass is 16.5. The fourth-order valence-electron chi connectivity index (χ4n) is 2.27. The molecule has 3 heteroatoms. The van der Waals surface area contributed by atoms with Crippen molar-refractivity contribution >= 4 is 5.91 Å². The Morgan fingerprint density at radius 2 is 1.76 bits per heavy atom. The molecule has 1 N–H and O–H groups in total. The summed E-state index contributed by atoms with van der Waals surface area (Å²) in [5.74, 6) is -0.0957. The van der Waals surface area contributed by atoms with Crippen molar-refractivity contribution in [3.63, 3.8) is 0 Å². The Kier molecular flexibility index (Phi) is 5.52. The summed E-state index contributed by atoms with van der Waals surface area (Å²) in [7, 11) is 0. The molecule has 0 spiro atoms. The zero-order valence-corrected chi connectivity index (χ0v) is 12.5. The lowest BCUT2D eigenvalue weighted by Crippen LogP contribution is -2.30. The third-order valence-electron chi connectivity index (χ3n) is 3.38. The van der Waals surface area contributed by atoms with Crippen molar-refractivity contribution in [3.8, 4) is 0 Å². The van der Waals surface area contributed by atoms with Crippen LogP contribution in [0.15, 0.2) is 54.6 Å². The van der Waals surface area contributed by atoms with Crippen LogP contribution in [-0.4, -0.2) is 12.5 Å². The van der Waals surface area contributed by atoms with E-state index in [1.165, 1.54) is 5.56 Å². The molecule has 0 fully saturated rings. The summed E-state index contributed by atoms with van der Waals surface area (Å²) in [5, 5.41) is 2.96. The molecule has 1 atom stereocenters. The number of aryl methyl sites for hydroxylation is 1. The fourth-order valence-corrected chi connectivity index (χ4v) is 2.27. The summed E-state index contributed by atoms with van der Waals surface area (Å²) >= 11 is 0. The summed E-state index contributed by atoms with van der Waals surface area (Å²) in [6.07, 6.45) is 0. The van der Waals surface area contributed by atoms with Crippen LogP contribution in [0.1, 0.15) is 29.7 Å². The van der Waals surface area contributed by atoms with Gasteiger partial charge in [0, 0.05) is 0 Å². The Balaban J connectivity index is 1.78. The van der Waals surface area contributed by atoms with E-state index < -0.39 is 0 Å². The molecule has 2 aromatic rings. The molecule has 110 valence electrons. The number of carbonyl (C=O) groups excluding carboxylic acids is 1. The number of rotatable bonds is 6. The second-order valence-electron chi connectivity index (χ2n) is 5.12. The minimum Gasteiger partial charge on any atom is -0.367 e. The standard InChI is InChI=1S/C18H21NO2/c1-14-8-6-7-11-17(14)15(2)19-18(20)13-21-12-16-9-4-3-5-10-16/h3-11,15H,12-13H2,1-2H3,(H,19,20). The quantitative estimate of drug-likeness (QED) is 0.882. The van der Waals surface area contributed by atoms with Crippen molar-refractivity contribution in [3.05, 3.63) is 71.3 Å². The van der Waals surface area contributed by atoms with E-state index in [1.807, 2.05) is 68.4 Å². The van der Waals surface area contributed by atoms with Gasteiger partial charge in [-0.05, 0) is 30.5 Å². The van der Waals surface area contributed by atoms with Crippen LogP contribution in [0.4, 0.5) is 0 Å². The van der Waals surface area contributed by atoms with E-state index >= 15 is 0 Å². The largest absolute Gasteiger partial charge is 0.367 e. The molecule has 0 aromatic heterocycles. The topological polar surface area (TPSA) is 38.3 Å². The molecule has 0 aliphatic heterocycles. The first-order valence-electron chi connectivity index (χ1n) is 7.13. The van der Waals surface area contributed by atoms with Gasteiger partial charge in [-0.2, -0.15) is 0 Å². The number of amides is 1. The highest BCUT2D eigenvalue weighted by molar-refractivity contribution is 5.77. The molecule has 21 heavy (non-hydrogen) atoms. The highest BCUT2D eigenvalue weighted by Gasteiger charge is 2.11. The molecule has 2 aromatic carbocycles. The van der Waals surface area contributed by atoms with E-state index in [9.17, 15) is 4.79 Å². The van der Waals surface area contributed by atoms with Crippen molar-refractivity contribution in [2.75, 3.05) is 6.61 Å². The first kappa shape index (κ1) is 15.3. The van der Waals surface area contributed by atoms with Crippen LogP contribution >= 0.6 is 0 Å². The summed E-state index contributed by atoms with van der Waals surface area (Å²) in [5.41, 5.74) is 3.38. The summed E-state index contributed by atoms with van der Waals surface area (Å²) < 4.78 is 5.44. The third-order valence-corrected chi connectivity index (χ3v) is 3.38. The van der Waals surface area contributed by atoms with Crippen LogP contribution in [0.3, 0.4) is 0 Å². The maximum Gasteiger partial charge on any atom is 0.246 e. The zero-order valence-electron chi connectivity index (χ0n) is 12.5. The van der Waals surface area contributed by atoms with Gasteiger partial charge in [-0.1, -0.05) is 54.6 Å². The lowest BCUT2D eigenvalue weighted by Gasteiger charge is -2.16. The molecule has 0 aliphatic rings. The van der Waals surface area contributed by atoms with Crippen LogP contribution in [-0.2, 0) is 16.1 Å². The second-order valence-corrected chi connectivity index (χ2v) is 5.12. The first-order chi connectivity index (χ1) is 10.2. The van der Waals surface area contributed by atoms with Crippen LogP contribution in [0.2, 0.25) is 0 Å². The summed E-state index contributed by atoms with van der Waals surface area (Å²) in [4.78, 5) is 11.9. The van der Waals surface area contributed by atoms with Gasteiger partial charge in [-0.15, -0.1) is 0 Å². The van der Waals surface area contributed by atoms with Gasteiger partial charge in [-0.3, -0.25) is 4.79 Å². The first-order valence-corrected chi connectivity index (χ1v) is 7.13. The van der Waals surface area contributed by atoms with Crippen molar-refractivity contribution < 1.29 is 9.53 Å². The predicted molar refractivity (Wildman–Crippen MR) is 83.8 cm³/mol. The van der Waals surface area contributed by atoms with Crippen molar-refractivity contribution in [2.24, 2.45) is 0 Å². The van der Waals surface area contributed by atoms with Gasteiger partial charge in [-0.25, -0.2) is 0 Å². The van der Waals surface area contributed by atoms with Gasteiger partial charge < -0.3 is 10.1 Å². The average molecular weight is 283 g/mol. The molecule has 3 nitrogen and oxygen atoms in total. The highest BCUT2D eigenvalue weighted by Crippen LogP contribution is 2.16. The maximum atomic E-state index is 11.9. The lowest BCUT2D eigenvalue weighted by atomic mass is 10.0. The number of benzene rings is 2. The normalized spacial score (nSPS) is 11.9. The van der Waals surface area contributed by atoms with Gasteiger partial charge >= 0.3 is 0 Å². The van der Waals surface area contributed by atoms with Crippen molar-refractivity contribution in [2.45, 2.75) is 26.5 Å².